The number of amides is 1. The molecule has 0 bridgehead atoms. The first kappa shape index (κ1) is 13.7. The molecule has 0 spiro atoms. The topological polar surface area (TPSA) is 44.1 Å². The van der Waals surface area contributed by atoms with E-state index in [-0.39, 0.29) is 12.3 Å². The summed E-state index contributed by atoms with van der Waals surface area (Å²) in [6.07, 6.45) is 0.757. The summed E-state index contributed by atoms with van der Waals surface area (Å²) < 4.78 is 1.05. The van der Waals surface area contributed by atoms with Gasteiger partial charge in [0, 0.05) is 18.1 Å². The van der Waals surface area contributed by atoms with E-state index < -0.39 is 0 Å². The Balaban J connectivity index is 2.59. The third-order valence-electron chi connectivity index (χ3n) is 2.68. The van der Waals surface area contributed by atoms with Crippen LogP contribution in [0.25, 0.3) is 0 Å². The van der Waals surface area contributed by atoms with Crippen molar-refractivity contribution in [3.63, 3.8) is 0 Å². The van der Waals surface area contributed by atoms with Crippen LogP contribution in [0.4, 0.5) is 0 Å². The summed E-state index contributed by atoms with van der Waals surface area (Å²) in [6, 6.07) is 7.99. The van der Waals surface area contributed by atoms with E-state index in [1.54, 1.807) is 11.9 Å². The molecule has 0 saturated heterocycles. The van der Waals surface area contributed by atoms with Crippen LogP contribution >= 0.6 is 15.9 Å². The van der Waals surface area contributed by atoms with Gasteiger partial charge in [-0.15, -0.1) is 0 Å². The molecule has 1 rings (SSSR count). The average Bonchev–Trinajstić information content (AvgIpc) is 2.30. The van der Waals surface area contributed by atoms with E-state index in [1.165, 1.54) is 11.1 Å². The molecule has 1 aromatic rings. The Kier molecular flexibility index (Phi) is 5.17. The lowest BCUT2D eigenvalue weighted by atomic mass is 10.1. The average molecular weight is 295 g/mol. The van der Waals surface area contributed by atoms with Gasteiger partial charge in [-0.2, -0.15) is 5.26 Å². The number of carbonyl (C=O) groups is 1. The van der Waals surface area contributed by atoms with Gasteiger partial charge in [0.2, 0.25) is 5.91 Å². The van der Waals surface area contributed by atoms with Gasteiger partial charge in [0.05, 0.1) is 6.07 Å². The fourth-order valence-electron chi connectivity index (χ4n) is 1.52. The zero-order valence-electron chi connectivity index (χ0n) is 10.0. The number of aryl methyl sites for hydroxylation is 1. The maximum absolute atomic E-state index is 11.4. The van der Waals surface area contributed by atoms with Gasteiger partial charge in [-0.05, 0) is 36.6 Å². The van der Waals surface area contributed by atoms with Gasteiger partial charge in [-0.1, -0.05) is 22.0 Å². The van der Waals surface area contributed by atoms with Crippen molar-refractivity contribution < 1.29 is 4.79 Å². The van der Waals surface area contributed by atoms with Gasteiger partial charge >= 0.3 is 0 Å². The fourth-order valence-corrected chi connectivity index (χ4v) is 1.93. The highest BCUT2D eigenvalue weighted by Crippen LogP contribution is 2.16. The number of carbonyl (C=O) groups excluding carboxylic acids is 1. The molecule has 0 N–H and O–H groups in total. The number of nitrogens with zero attached hydrogens (tertiary/aromatic N) is 2. The SMILES string of the molecule is Cc1ccc(Br)cc1CCN(C)C(=O)CC#N. The molecule has 0 aliphatic heterocycles. The molecular formula is C13H15BrN2O. The molecule has 0 fully saturated rings. The Bertz CT molecular complexity index is 451. The predicted octanol–water partition coefficient (Wildman–Crippen LogP) is 2.67. The minimum absolute atomic E-state index is 0.0477. The predicted molar refractivity (Wildman–Crippen MR) is 70.5 cm³/mol. The first-order valence-corrected chi connectivity index (χ1v) is 6.20. The highest BCUT2D eigenvalue weighted by Gasteiger charge is 2.08. The molecule has 90 valence electrons. The van der Waals surface area contributed by atoms with Gasteiger partial charge in [-0.25, -0.2) is 0 Å². The molecule has 0 saturated carbocycles. The summed E-state index contributed by atoms with van der Waals surface area (Å²) in [6.45, 7) is 2.69. The second-order valence-electron chi connectivity index (χ2n) is 3.97. The van der Waals surface area contributed by atoms with Gasteiger partial charge in [-0.3, -0.25) is 4.79 Å². The Labute approximate surface area is 110 Å². The van der Waals surface area contributed by atoms with Crippen LogP contribution in [0.5, 0.6) is 0 Å². The molecule has 0 atom stereocenters. The van der Waals surface area contributed by atoms with Gasteiger partial charge in [0.1, 0.15) is 6.42 Å². The van der Waals surface area contributed by atoms with Crippen molar-refractivity contribution >= 4 is 21.8 Å². The lowest BCUT2D eigenvalue weighted by Crippen LogP contribution is -2.28. The number of rotatable bonds is 4. The van der Waals surface area contributed by atoms with Crippen molar-refractivity contribution in [2.24, 2.45) is 0 Å². The molecule has 1 amide bonds. The first-order valence-electron chi connectivity index (χ1n) is 5.40. The Hall–Kier alpha value is -1.34. The smallest absolute Gasteiger partial charge is 0.236 e. The third-order valence-corrected chi connectivity index (χ3v) is 3.18. The zero-order valence-corrected chi connectivity index (χ0v) is 11.6. The quantitative estimate of drug-likeness (QED) is 0.857. The summed E-state index contributed by atoms with van der Waals surface area (Å²) in [5.41, 5.74) is 2.44. The van der Waals surface area contributed by atoms with Gasteiger partial charge in [0.15, 0.2) is 0 Å². The number of halogens is 1. The summed E-state index contributed by atoms with van der Waals surface area (Å²) in [4.78, 5) is 13.0. The zero-order chi connectivity index (χ0) is 12.8. The van der Waals surface area contributed by atoms with E-state index in [1.807, 2.05) is 12.1 Å². The molecule has 17 heavy (non-hydrogen) atoms. The second-order valence-corrected chi connectivity index (χ2v) is 4.89. The van der Waals surface area contributed by atoms with Gasteiger partial charge < -0.3 is 4.90 Å². The maximum atomic E-state index is 11.4. The first-order chi connectivity index (χ1) is 8.04. The number of hydrogen-bond acceptors (Lipinski definition) is 2. The summed E-state index contributed by atoms with van der Waals surface area (Å²) >= 11 is 3.43. The van der Waals surface area contributed by atoms with E-state index in [0.29, 0.717) is 6.54 Å². The van der Waals surface area contributed by atoms with Crippen LogP contribution in [0.2, 0.25) is 0 Å². The van der Waals surface area contributed by atoms with Crippen molar-refractivity contribution in [2.45, 2.75) is 19.8 Å². The van der Waals surface area contributed by atoms with Crippen molar-refractivity contribution in [3.05, 3.63) is 33.8 Å². The Morgan fingerprint density at radius 3 is 2.88 bits per heavy atom. The second kappa shape index (κ2) is 6.41. The lowest BCUT2D eigenvalue weighted by Gasteiger charge is -2.16. The van der Waals surface area contributed by atoms with Crippen LogP contribution in [0.1, 0.15) is 17.5 Å². The van der Waals surface area contributed by atoms with E-state index in [4.69, 9.17) is 5.26 Å². The molecule has 1 aromatic carbocycles. The monoisotopic (exact) mass is 294 g/mol. The normalized spacial score (nSPS) is 9.76. The molecule has 0 unspecified atom stereocenters. The number of benzene rings is 1. The highest BCUT2D eigenvalue weighted by molar-refractivity contribution is 9.10. The Morgan fingerprint density at radius 1 is 1.53 bits per heavy atom. The fraction of sp³-hybridized carbons (Fsp3) is 0.385. The lowest BCUT2D eigenvalue weighted by molar-refractivity contribution is -0.128. The molecule has 0 heterocycles. The van der Waals surface area contributed by atoms with Crippen LogP contribution in [-0.4, -0.2) is 24.4 Å². The summed E-state index contributed by atoms with van der Waals surface area (Å²) in [5.74, 6) is -0.125. The van der Waals surface area contributed by atoms with E-state index >= 15 is 0 Å². The van der Waals surface area contributed by atoms with Crippen LogP contribution in [0.15, 0.2) is 22.7 Å². The number of likely N-dealkylation sites (N-methyl/N-ethyl adjacent to an activating group) is 1. The minimum atomic E-state index is -0.125. The van der Waals surface area contributed by atoms with Crippen molar-refractivity contribution in [1.29, 1.82) is 5.26 Å². The summed E-state index contributed by atoms with van der Waals surface area (Å²) in [5, 5.41) is 8.45. The molecule has 3 nitrogen and oxygen atoms in total. The van der Waals surface area contributed by atoms with E-state index in [9.17, 15) is 4.79 Å². The highest BCUT2D eigenvalue weighted by atomic mass is 79.9. The standard InChI is InChI=1S/C13H15BrN2O/c1-10-3-4-12(14)9-11(10)6-8-16(2)13(17)5-7-15/h3-4,9H,5-6,8H2,1-2H3. The van der Waals surface area contributed by atoms with Crippen molar-refractivity contribution in [2.75, 3.05) is 13.6 Å². The van der Waals surface area contributed by atoms with Crippen LogP contribution in [0, 0.1) is 18.3 Å². The molecule has 0 aromatic heterocycles. The summed E-state index contributed by atoms with van der Waals surface area (Å²) in [7, 11) is 1.73. The van der Waals surface area contributed by atoms with Crippen molar-refractivity contribution in [1.82, 2.24) is 4.90 Å². The Morgan fingerprint density at radius 2 is 2.24 bits per heavy atom. The molecule has 0 aliphatic carbocycles. The van der Waals surface area contributed by atoms with E-state index in [0.717, 1.165) is 10.9 Å². The minimum Gasteiger partial charge on any atom is -0.345 e. The molecular weight excluding hydrogens is 280 g/mol. The van der Waals surface area contributed by atoms with Crippen molar-refractivity contribution in [3.8, 4) is 6.07 Å². The molecule has 4 heteroatoms. The van der Waals surface area contributed by atoms with Crippen LogP contribution in [0.3, 0.4) is 0 Å². The maximum Gasteiger partial charge on any atom is 0.236 e. The number of hydrogen-bond donors (Lipinski definition) is 0. The number of nitriles is 1. The largest absolute Gasteiger partial charge is 0.345 e. The van der Waals surface area contributed by atoms with Gasteiger partial charge in [0.25, 0.3) is 0 Å². The van der Waals surface area contributed by atoms with Crippen LogP contribution < -0.4 is 0 Å². The van der Waals surface area contributed by atoms with E-state index in [2.05, 4.69) is 35.0 Å². The third kappa shape index (κ3) is 4.20. The molecule has 0 radical (unpaired) electrons. The molecule has 0 aliphatic rings. The van der Waals surface area contributed by atoms with Crippen LogP contribution in [-0.2, 0) is 11.2 Å².